The molecule has 0 N–H and O–H groups in total. The molecule has 28 rings (SSSR count). The molecule has 28 saturated carbocycles. The van der Waals surface area contributed by atoms with E-state index in [2.05, 4.69) is 20.5 Å². The number of carbonyl (C=O) groups excluding carboxylic acids is 2. The van der Waals surface area contributed by atoms with E-state index in [4.69, 9.17) is 34.8 Å². The summed E-state index contributed by atoms with van der Waals surface area (Å²) in [5, 5.41) is 0. The first kappa shape index (κ1) is 177. The average molecular weight is 2100 g/mol. The Morgan fingerprint density at radius 2 is 0.418 bits per heavy atom. The van der Waals surface area contributed by atoms with Crippen molar-refractivity contribution in [2.45, 2.75) is 620 Å². The average Bonchev–Trinajstić information content (AvgIpc) is 0.740. The van der Waals surface area contributed by atoms with E-state index in [1.54, 1.807) is 109 Å². The molecule has 0 aromatic rings. The maximum atomic E-state index is 12.4. The molecule has 28 fully saturated rings. The molecule has 0 saturated heterocycles. The van der Waals surface area contributed by atoms with Gasteiger partial charge >= 0.3 is 22.7 Å². The zero-order valence-corrected chi connectivity index (χ0v) is 102. The van der Waals surface area contributed by atoms with Crippen molar-refractivity contribution < 1.29 is 33.2 Å². The van der Waals surface area contributed by atoms with E-state index in [0.717, 1.165) is 143 Å². The van der Waals surface area contributed by atoms with Gasteiger partial charge in [-0.25, -0.2) is 30.1 Å². The first-order valence-electron chi connectivity index (χ1n) is 60.4. The summed E-state index contributed by atoms with van der Waals surface area (Å²) in [6, 6.07) is 0. The van der Waals surface area contributed by atoms with E-state index in [-0.39, 0.29) is 70.2 Å². The van der Waals surface area contributed by atoms with Crippen LogP contribution in [-0.2, 0) is 14.2 Å². The summed E-state index contributed by atoms with van der Waals surface area (Å²) in [6.07, 6.45) is 60.6. The van der Waals surface area contributed by atoms with Crippen molar-refractivity contribution in [1.82, 2.24) is 0 Å². The van der Waals surface area contributed by atoms with Gasteiger partial charge in [-0.15, -0.1) is 0 Å². The monoisotopic (exact) mass is 2100 g/mol. The minimum absolute atomic E-state index is 0. The largest absolute Gasteiger partial charge is 0.643 e. The van der Waals surface area contributed by atoms with Crippen LogP contribution >= 0.6 is 30.1 Å². The molecule has 0 radical (unpaired) electrons. The Bertz CT molecular complexity index is 2320. The van der Waals surface area contributed by atoms with Crippen LogP contribution in [0.25, 0.3) is 0 Å². The van der Waals surface area contributed by atoms with Crippen LogP contribution in [0.15, 0.2) is 24.3 Å². The Hall–Kier alpha value is -0.318. The molecule has 0 aliphatic heterocycles. The summed E-state index contributed by atoms with van der Waals surface area (Å²) in [6.45, 7) is 93.3. The van der Waals surface area contributed by atoms with Crippen molar-refractivity contribution in [3.63, 3.8) is 0 Å². The van der Waals surface area contributed by atoms with Crippen LogP contribution in [0, 0.1) is 189 Å². The fourth-order valence-electron chi connectivity index (χ4n) is 30.9. The van der Waals surface area contributed by atoms with E-state index >= 15 is 0 Å². The summed E-state index contributed by atoms with van der Waals surface area (Å²) >= 11 is -1.72. The molecule has 0 aromatic heterocycles. The van der Waals surface area contributed by atoms with Crippen LogP contribution in [0.1, 0.15) is 621 Å². The topological polar surface area (TPSA) is 54.0 Å². The number of hydrogen-bond acceptors (Lipinski definition) is 2. The van der Waals surface area contributed by atoms with Crippen molar-refractivity contribution in [3.8, 4) is 0 Å². The van der Waals surface area contributed by atoms with E-state index < -0.39 is 23.5 Å². The van der Waals surface area contributed by atoms with Crippen LogP contribution in [0.2, 0.25) is 0 Å². The molecule has 0 unspecified atom stereocenters. The van der Waals surface area contributed by atoms with Gasteiger partial charge in [0, 0.05) is 12.8 Å². The van der Waals surface area contributed by atoms with E-state index in [9.17, 15) is 27.2 Å². The van der Waals surface area contributed by atoms with E-state index in [1.165, 1.54) is 183 Å². The molecule has 0 heterocycles. The summed E-state index contributed by atoms with van der Waals surface area (Å²) in [4.78, 5) is 22.0. The second-order valence-electron chi connectivity index (χ2n) is 38.1. The van der Waals surface area contributed by atoms with Gasteiger partial charge in [-0.1, -0.05) is 369 Å². The quantitative estimate of drug-likeness (QED) is 0.0875. The van der Waals surface area contributed by atoms with Crippen LogP contribution in [-0.4, -0.2) is 24.0 Å². The molecule has 28 aliphatic carbocycles. The van der Waals surface area contributed by atoms with E-state index in [1.807, 2.05) is 291 Å². The van der Waals surface area contributed by atoms with Gasteiger partial charge in [0.15, 0.2) is 0 Å². The SMILES string of the molecule is C.C.C.C.C.C.C.C1C2CC3CC1CC(C2)C3.CC.CC.CC.CC.CC.CC.CC.CC.CC.CC.CC.CC.CC.CC.CC.CC.CC.CC.CC.CC.CC.CCC12CC3CC(CC(C3)C1)C2.CCC1C2CC3CC(C2)CC1C3.FC(F)=CC12CC3CC(CC(C3)C1)C2.FC(F)=CC1C2CC3CC(C2)CC1C3.O=CC12CC3CC(CC(C3)C1)C2.O=CC1C2CC3CC(C2)CC1C3.[2HH].[C-]#[O+].[Cl][Al]([Cl])[Cl]. The first-order valence-corrected chi connectivity index (χ1v) is 65.7. The van der Waals surface area contributed by atoms with Crippen molar-refractivity contribution in [1.29, 1.82) is 0 Å². The predicted molar refractivity (Wildman–Crippen MR) is 653 cm³/mol. The molecule has 3 nitrogen and oxygen atoms in total. The van der Waals surface area contributed by atoms with Gasteiger partial charge in [0.05, 0.1) is 0 Å². The Balaban J connectivity index is -0.0000000792. The molecular formula is C130H276AlCl3F4O3. The van der Waals surface area contributed by atoms with Crippen LogP contribution < -0.4 is 0 Å². The fourth-order valence-corrected chi connectivity index (χ4v) is 30.9. The molecule has 28 bridgehead atoms. The smallest absolute Gasteiger partial charge is 0.214 e. The Labute approximate surface area is 913 Å². The van der Waals surface area contributed by atoms with Gasteiger partial charge in [0.2, 0.25) is 0 Å². The molecular weight excluding hydrogens is 1820 g/mol. The Morgan fingerprint density at radius 1 is 0.262 bits per heavy atom. The van der Waals surface area contributed by atoms with Crippen LogP contribution in [0.3, 0.4) is 0 Å². The third kappa shape index (κ3) is 61.4. The maximum Gasteiger partial charge on any atom is 0.643 e. The molecule has 11 heteroatoms. The normalized spacial score (nSPS) is 34.1. The van der Waals surface area contributed by atoms with Crippen molar-refractivity contribution in [3.05, 3.63) is 31.0 Å². The van der Waals surface area contributed by atoms with E-state index in [0.29, 0.717) is 17.8 Å². The van der Waals surface area contributed by atoms with Gasteiger partial charge < -0.3 is 9.59 Å². The van der Waals surface area contributed by atoms with Crippen molar-refractivity contribution in [2.75, 3.05) is 0 Å². The minimum Gasteiger partial charge on any atom is -0.214 e. The number of hydrogen-bond donors (Lipinski definition) is 0. The van der Waals surface area contributed by atoms with Gasteiger partial charge in [-0.3, -0.25) is 0 Å². The third-order valence-corrected chi connectivity index (χ3v) is 31.7. The number of allylic oxidation sites excluding steroid dienone is 2. The summed E-state index contributed by atoms with van der Waals surface area (Å²) in [7, 11) is 14.8. The second-order valence-corrected chi connectivity index (χ2v) is 44.6. The number of carbonyl (C=O) groups is 2. The number of aldehydes is 2. The molecule has 0 amide bonds. The van der Waals surface area contributed by atoms with Crippen molar-refractivity contribution >= 4 is 54.1 Å². The Morgan fingerprint density at radius 3 is 0.574 bits per heavy atom. The summed E-state index contributed by atoms with van der Waals surface area (Å²) in [5.41, 5.74) is 0.914. The van der Waals surface area contributed by atoms with Gasteiger partial charge in [-0.2, -0.15) is 17.6 Å². The maximum absolute atomic E-state index is 12.4. The molecule has 866 valence electrons. The third-order valence-electron chi connectivity index (χ3n) is 31.7. The van der Waals surface area contributed by atoms with Gasteiger partial charge in [0.25, 0.3) is 12.2 Å². The molecule has 0 aromatic carbocycles. The molecule has 0 atom stereocenters. The summed E-state index contributed by atoms with van der Waals surface area (Å²) < 4.78 is 56.9. The minimum atomic E-state index is -1.72. The van der Waals surface area contributed by atoms with Crippen molar-refractivity contribution in [2.24, 2.45) is 182 Å². The number of halogens is 7. The van der Waals surface area contributed by atoms with Crippen LogP contribution in [0.4, 0.5) is 17.6 Å². The first-order chi connectivity index (χ1) is 65.3. The van der Waals surface area contributed by atoms with Crippen LogP contribution in [0.5, 0.6) is 0 Å². The van der Waals surface area contributed by atoms with Gasteiger partial charge in [0.1, 0.15) is 12.6 Å². The van der Waals surface area contributed by atoms with Gasteiger partial charge in [-0.05, 0) is 433 Å². The number of rotatable bonds is 6. The fraction of sp³-hybridized carbons (Fsp3) is 0.946. The standard InChI is InChI=1S/2C12H16F2.2C12H20.2C11H16O.C10H16.21C2H6.CO.7CH4.Al.3ClH.H2/c13-11(14)7-12-4-8-1-9(5-12)3-10(2-8)6-12;13-12(14)6-11-9-2-7-1-8(4-9)5-10(11)3-7;1-2-12-6-9-3-10(7-12)5-11(4-9)8-12;1-2-12-10-4-8-3-9(6-10)7-11(12)5-8;12-7-11-4-8-1-9(5-11)3-10(2-8)6-11;12-6-11-9-2-7-1-8(4-9)5-10(11)3-7;1-7-2-9-4-8(1)5-10(3-7)6-9;22*1-2;;;;;;;;;;;;/h7-10H,1-6H2;6-11H,1-5H2;9-11H,2-8H2,1H3;8-12H,2-7H2,1H3;7-10H,1-6H2;6-11H,1-5H2;7-10H,1-6H2;21*1-2H3;;7*1H4;;4*1H/q;;;;;;;;;;;;;;;;;;;;;;;;;;;;;;;;;;;;+3;;;;/p-3/i;;;;;;;;;;;;;;;;;;;;;;;;;;;;;;;;;;;;;;;;1+1. The predicted octanol–water partition coefficient (Wildman–Crippen LogP) is 50.3. The molecule has 28 aliphatic rings. The zero-order valence-electron chi connectivity index (χ0n) is 98.9. The molecule has 141 heavy (non-hydrogen) atoms. The zero-order chi connectivity index (χ0) is 106. The second kappa shape index (κ2) is 111. The molecule has 0 spiro atoms. The summed E-state index contributed by atoms with van der Waals surface area (Å²) in [5.74, 6) is 26.2. The Kier molecular flexibility index (Phi) is 139.